The van der Waals surface area contributed by atoms with Gasteiger partial charge in [-0.15, -0.1) is 0 Å². The maximum absolute atomic E-state index is 12.6. The normalized spacial score (nSPS) is 31.6. The van der Waals surface area contributed by atoms with Crippen LogP contribution in [0.3, 0.4) is 0 Å². The fourth-order valence-electron chi connectivity index (χ4n) is 3.97. The van der Waals surface area contributed by atoms with E-state index in [1.54, 1.807) is 0 Å². The van der Waals surface area contributed by atoms with Crippen molar-refractivity contribution < 1.29 is 4.79 Å². The minimum Gasteiger partial charge on any atom is -0.342 e. The highest BCUT2D eigenvalue weighted by Crippen LogP contribution is 2.40. The van der Waals surface area contributed by atoms with Crippen molar-refractivity contribution in [3.8, 4) is 0 Å². The van der Waals surface area contributed by atoms with Gasteiger partial charge in [0.2, 0.25) is 5.91 Å². The van der Waals surface area contributed by atoms with E-state index in [0.717, 1.165) is 51.2 Å². The van der Waals surface area contributed by atoms with Gasteiger partial charge < -0.3 is 10.6 Å². The van der Waals surface area contributed by atoms with Crippen LogP contribution in [0.25, 0.3) is 0 Å². The van der Waals surface area contributed by atoms with E-state index in [1.165, 1.54) is 12.8 Å². The van der Waals surface area contributed by atoms with Gasteiger partial charge in [-0.05, 0) is 62.3 Å². The molecule has 2 aliphatic rings. The summed E-state index contributed by atoms with van der Waals surface area (Å²) in [5.41, 5.74) is 6.02. The van der Waals surface area contributed by atoms with E-state index in [4.69, 9.17) is 5.73 Å². The molecule has 0 aromatic heterocycles. The average molecular weight is 280 g/mol. The van der Waals surface area contributed by atoms with E-state index >= 15 is 0 Å². The molecule has 1 unspecified atom stereocenters. The van der Waals surface area contributed by atoms with Crippen molar-refractivity contribution in [1.29, 1.82) is 0 Å². The van der Waals surface area contributed by atoms with E-state index in [0.29, 0.717) is 23.2 Å². The number of carbonyl (C=O) groups is 1. The lowest BCUT2D eigenvalue weighted by Crippen LogP contribution is -2.37. The van der Waals surface area contributed by atoms with Gasteiger partial charge in [-0.1, -0.05) is 20.8 Å². The number of likely N-dealkylation sites (tertiary alicyclic amines) is 1. The van der Waals surface area contributed by atoms with Crippen LogP contribution in [0.1, 0.15) is 59.3 Å². The van der Waals surface area contributed by atoms with Gasteiger partial charge in [-0.25, -0.2) is 0 Å². The third kappa shape index (κ3) is 3.75. The number of rotatable bonds is 3. The van der Waals surface area contributed by atoms with Gasteiger partial charge in [0.1, 0.15) is 0 Å². The van der Waals surface area contributed by atoms with Crippen LogP contribution in [-0.4, -0.2) is 30.4 Å². The number of amides is 1. The van der Waals surface area contributed by atoms with Crippen LogP contribution in [0.2, 0.25) is 0 Å². The number of hydrogen-bond donors (Lipinski definition) is 1. The Morgan fingerprint density at radius 3 is 2.35 bits per heavy atom. The van der Waals surface area contributed by atoms with Crippen molar-refractivity contribution >= 4 is 5.91 Å². The summed E-state index contributed by atoms with van der Waals surface area (Å²) in [4.78, 5) is 14.7. The maximum Gasteiger partial charge on any atom is 0.225 e. The minimum absolute atomic E-state index is 0.297. The molecule has 0 spiro atoms. The van der Waals surface area contributed by atoms with E-state index in [-0.39, 0.29) is 0 Å². The first kappa shape index (κ1) is 15.8. The molecule has 0 aromatic carbocycles. The smallest absolute Gasteiger partial charge is 0.225 e. The molecule has 1 saturated carbocycles. The summed E-state index contributed by atoms with van der Waals surface area (Å²) in [7, 11) is 0. The third-order valence-corrected chi connectivity index (χ3v) is 5.47. The second kappa shape index (κ2) is 6.46. The van der Waals surface area contributed by atoms with Crippen molar-refractivity contribution in [2.75, 3.05) is 19.6 Å². The van der Waals surface area contributed by atoms with Gasteiger partial charge in [0.15, 0.2) is 0 Å². The molecular formula is C17H32N2O. The van der Waals surface area contributed by atoms with Gasteiger partial charge in [-0.3, -0.25) is 4.79 Å². The lowest BCUT2D eigenvalue weighted by atomic mass is 9.69. The zero-order chi connectivity index (χ0) is 14.8. The summed E-state index contributed by atoms with van der Waals surface area (Å²) >= 11 is 0. The Balaban J connectivity index is 1.81. The van der Waals surface area contributed by atoms with E-state index in [2.05, 4.69) is 25.7 Å². The quantitative estimate of drug-likeness (QED) is 0.863. The van der Waals surface area contributed by atoms with Crippen LogP contribution in [0.5, 0.6) is 0 Å². The Kier molecular flexibility index (Phi) is 5.11. The van der Waals surface area contributed by atoms with Crippen LogP contribution in [-0.2, 0) is 4.79 Å². The molecule has 1 saturated heterocycles. The van der Waals surface area contributed by atoms with Gasteiger partial charge >= 0.3 is 0 Å². The Morgan fingerprint density at radius 1 is 1.15 bits per heavy atom. The topological polar surface area (TPSA) is 46.3 Å². The molecule has 20 heavy (non-hydrogen) atoms. The molecule has 2 N–H and O–H groups in total. The number of carbonyl (C=O) groups excluding carboxylic acids is 1. The van der Waals surface area contributed by atoms with E-state index in [9.17, 15) is 4.79 Å². The highest BCUT2D eigenvalue weighted by atomic mass is 16.2. The maximum atomic E-state index is 12.6. The Morgan fingerprint density at radius 2 is 1.80 bits per heavy atom. The van der Waals surface area contributed by atoms with Gasteiger partial charge in [0.05, 0.1) is 0 Å². The number of hydrogen-bond acceptors (Lipinski definition) is 2. The van der Waals surface area contributed by atoms with Crippen molar-refractivity contribution in [3.05, 3.63) is 0 Å². The third-order valence-electron chi connectivity index (χ3n) is 5.47. The van der Waals surface area contributed by atoms with Crippen LogP contribution >= 0.6 is 0 Å². The molecule has 2 rings (SSSR count). The summed E-state index contributed by atoms with van der Waals surface area (Å²) in [5, 5.41) is 0. The zero-order valence-electron chi connectivity index (χ0n) is 13.5. The van der Waals surface area contributed by atoms with Crippen LogP contribution < -0.4 is 5.73 Å². The first-order chi connectivity index (χ1) is 9.41. The molecule has 1 heterocycles. The molecule has 0 bridgehead atoms. The van der Waals surface area contributed by atoms with Crippen molar-refractivity contribution in [3.63, 3.8) is 0 Å². The van der Waals surface area contributed by atoms with Gasteiger partial charge in [-0.2, -0.15) is 0 Å². The largest absolute Gasteiger partial charge is 0.342 e. The van der Waals surface area contributed by atoms with Crippen LogP contribution in [0.4, 0.5) is 0 Å². The molecule has 1 amide bonds. The average Bonchev–Trinajstić information content (AvgIpc) is 2.86. The summed E-state index contributed by atoms with van der Waals surface area (Å²) < 4.78 is 0. The Hall–Kier alpha value is -0.570. The second-order valence-electron chi connectivity index (χ2n) is 7.93. The molecule has 116 valence electrons. The molecule has 3 nitrogen and oxygen atoms in total. The SMILES string of the molecule is CC(C)(C)C1CCC(C(=O)N2CCC(CCN)C2)CC1. The standard InChI is InChI=1S/C17H32N2O/c1-17(2,3)15-6-4-14(5-7-15)16(20)19-11-9-13(12-19)8-10-18/h13-15H,4-12,18H2,1-3H3. The van der Waals surface area contributed by atoms with Crippen molar-refractivity contribution in [1.82, 2.24) is 4.90 Å². The Bertz CT molecular complexity index is 326. The Labute approximate surface area is 124 Å². The van der Waals surface area contributed by atoms with Gasteiger partial charge in [0, 0.05) is 19.0 Å². The molecule has 0 radical (unpaired) electrons. The predicted molar refractivity (Wildman–Crippen MR) is 83.3 cm³/mol. The van der Waals surface area contributed by atoms with Crippen LogP contribution in [0.15, 0.2) is 0 Å². The van der Waals surface area contributed by atoms with Crippen molar-refractivity contribution in [2.45, 2.75) is 59.3 Å². The molecule has 2 fully saturated rings. The zero-order valence-corrected chi connectivity index (χ0v) is 13.5. The lowest BCUT2D eigenvalue weighted by molar-refractivity contribution is -0.136. The first-order valence-corrected chi connectivity index (χ1v) is 8.40. The summed E-state index contributed by atoms with van der Waals surface area (Å²) in [5.74, 6) is 2.16. The molecule has 3 heteroatoms. The summed E-state index contributed by atoms with van der Waals surface area (Å²) in [6.45, 7) is 9.66. The minimum atomic E-state index is 0.297. The fourth-order valence-corrected chi connectivity index (χ4v) is 3.97. The highest BCUT2D eigenvalue weighted by molar-refractivity contribution is 5.79. The molecular weight excluding hydrogens is 248 g/mol. The number of nitrogens with zero attached hydrogens (tertiary/aromatic N) is 1. The summed E-state index contributed by atoms with van der Waals surface area (Å²) in [6.07, 6.45) is 6.86. The monoisotopic (exact) mass is 280 g/mol. The predicted octanol–water partition coefficient (Wildman–Crippen LogP) is 3.04. The van der Waals surface area contributed by atoms with Crippen LogP contribution in [0, 0.1) is 23.2 Å². The summed E-state index contributed by atoms with van der Waals surface area (Å²) in [6, 6.07) is 0. The molecule has 1 aliphatic heterocycles. The first-order valence-electron chi connectivity index (χ1n) is 8.40. The molecule has 0 aromatic rings. The lowest BCUT2D eigenvalue weighted by Gasteiger charge is -2.37. The molecule has 1 aliphatic carbocycles. The molecule has 1 atom stereocenters. The van der Waals surface area contributed by atoms with Crippen molar-refractivity contribution in [2.24, 2.45) is 28.9 Å². The highest BCUT2D eigenvalue weighted by Gasteiger charge is 2.35. The van der Waals surface area contributed by atoms with E-state index in [1.807, 2.05) is 0 Å². The second-order valence-corrected chi connectivity index (χ2v) is 7.93. The fraction of sp³-hybridized carbons (Fsp3) is 0.941. The van der Waals surface area contributed by atoms with Gasteiger partial charge in [0.25, 0.3) is 0 Å². The van der Waals surface area contributed by atoms with E-state index < -0.39 is 0 Å². The number of nitrogens with two attached hydrogens (primary N) is 1.